The molecule has 1 aromatic rings. The van der Waals surface area contributed by atoms with Crippen molar-refractivity contribution in [3.05, 3.63) is 35.4 Å². The van der Waals surface area contributed by atoms with Crippen LogP contribution in [0.5, 0.6) is 0 Å². The molecule has 2 aliphatic carbocycles. The third kappa shape index (κ3) is 7.62. The van der Waals surface area contributed by atoms with Crippen molar-refractivity contribution in [2.45, 2.75) is 82.1 Å². The number of rotatable bonds is 8. The van der Waals surface area contributed by atoms with Crippen molar-refractivity contribution < 1.29 is 36.2 Å². The van der Waals surface area contributed by atoms with Gasteiger partial charge in [0.25, 0.3) is 0 Å². The molecule has 0 spiro atoms. The molecule has 3 rings (SSSR count). The van der Waals surface area contributed by atoms with Gasteiger partial charge < -0.3 is 5.11 Å². The van der Waals surface area contributed by atoms with E-state index in [0.29, 0.717) is 37.3 Å². The maximum Gasteiger partial charge on any atom is 0.416 e. The molecule has 0 radical (unpaired) electrons. The number of nitrogens with zero attached hydrogens (tertiary/aromatic N) is 1. The third-order valence-corrected chi connectivity index (χ3v) is 7.17. The van der Waals surface area contributed by atoms with Crippen LogP contribution in [0.25, 0.3) is 0 Å². The molecule has 0 bridgehead atoms. The van der Waals surface area contributed by atoms with Crippen LogP contribution in [0.4, 0.5) is 26.3 Å². The third-order valence-electron chi connectivity index (χ3n) is 7.17. The Morgan fingerprint density at radius 2 is 1.58 bits per heavy atom. The molecule has 3 nitrogen and oxygen atoms in total. The lowest BCUT2D eigenvalue weighted by Gasteiger charge is -2.44. The largest absolute Gasteiger partial charge is 0.481 e. The van der Waals surface area contributed by atoms with E-state index >= 15 is 0 Å². The Labute approximate surface area is 190 Å². The first-order valence-electron chi connectivity index (χ1n) is 11.6. The van der Waals surface area contributed by atoms with Crippen LogP contribution in [-0.4, -0.2) is 41.3 Å². The fourth-order valence-corrected chi connectivity index (χ4v) is 5.58. The number of carboxylic acids is 1. The number of alkyl halides is 6. The maximum absolute atomic E-state index is 13.1. The second-order valence-electron chi connectivity index (χ2n) is 9.58. The van der Waals surface area contributed by atoms with Crippen molar-refractivity contribution in [3.8, 4) is 0 Å². The molecule has 33 heavy (non-hydrogen) atoms. The van der Waals surface area contributed by atoms with E-state index in [1.54, 1.807) is 0 Å². The summed E-state index contributed by atoms with van der Waals surface area (Å²) in [5.41, 5.74) is -0.146. The highest BCUT2D eigenvalue weighted by molar-refractivity contribution is 5.67. The molecule has 2 saturated carbocycles. The number of halogens is 6. The van der Waals surface area contributed by atoms with Crippen LogP contribution in [0.1, 0.15) is 74.8 Å². The zero-order valence-corrected chi connectivity index (χ0v) is 18.5. The van der Waals surface area contributed by atoms with E-state index in [4.69, 9.17) is 0 Å². The number of carboxylic acid groups (broad SMARTS) is 1. The summed E-state index contributed by atoms with van der Waals surface area (Å²) in [6.45, 7) is 0.396. The lowest BCUT2D eigenvalue weighted by atomic mass is 9.72. The molecule has 0 aliphatic heterocycles. The van der Waals surface area contributed by atoms with E-state index < -0.39 is 30.3 Å². The normalized spacial score (nSPS) is 25.0. The Bertz CT molecular complexity index is 771. The summed E-state index contributed by atoms with van der Waals surface area (Å²) in [5.74, 6) is -1.07. The predicted octanol–water partition coefficient (Wildman–Crippen LogP) is 6.88. The number of carbonyl (C=O) groups is 1. The van der Waals surface area contributed by atoms with Crippen LogP contribution in [0.3, 0.4) is 0 Å². The highest BCUT2D eigenvalue weighted by Gasteiger charge is 2.39. The summed E-state index contributed by atoms with van der Waals surface area (Å²) in [4.78, 5) is 13.2. The van der Waals surface area contributed by atoms with Gasteiger partial charge in [0, 0.05) is 25.6 Å². The Morgan fingerprint density at radius 3 is 2.12 bits per heavy atom. The van der Waals surface area contributed by atoms with Gasteiger partial charge in [0.15, 0.2) is 0 Å². The van der Waals surface area contributed by atoms with Crippen molar-refractivity contribution in [3.63, 3.8) is 0 Å². The highest BCUT2D eigenvalue weighted by atomic mass is 19.4. The van der Waals surface area contributed by atoms with Gasteiger partial charge in [-0.3, -0.25) is 9.69 Å². The molecule has 9 heteroatoms. The lowest BCUT2D eigenvalue weighted by molar-refractivity contribution is -0.141. The highest BCUT2D eigenvalue weighted by Crippen LogP contribution is 2.42. The van der Waals surface area contributed by atoms with Gasteiger partial charge in [0.05, 0.1) is 12.0 Å². The quantitative estimate of drug-likeness (QED) is 0.414. The van der Waals surface area contributed by atoms with Gasteiger partial charge in [-0.25, -0.2) is 0 Å². The minimum absolute atomic E-state index is 0.0466. The standard InChI is InChI=1S/C24H31F6NO2/c25-23(26,27)11-12-31(15-16-3-1-2-4-16)21-10-5-17(14-22(32)33)13-20(21)18-6-8-19(9-7-18)24(28,29)30/h6-9,16-17,20-21H,1-5,10-15H2,(H,32,33)/t17-,20+,21-/m1/s1. The summed E-state index contributed by atoms with van der Waals surface area (Å²) in [6.07, 6.45) is -4.12. The van der Waals surface area contributed by atoms with Gasteiger partial charge in [-0.2, -0.15) is 26.3 Å². The number of aliphatic carboxylic acids is 1. The molecule has 1 N–H and O–H groups in total. The van der Waals surface area contributed by atoms with Gasteiger partial charge in [-0.15, -0.1) is 0 Å². The molecule has 0 unspecified atom stereocenters. The van der Waals surface area contributed by atoms with Crippen LogP contribution in [0.15, 0.2) is 24.3 Å². The van der Waals surface area contributed by atoms with Gasteiger partial charge in [0.2, 0.25) is 0 Å². The van der Waals surface area contributed by atoms with Crippen molar-refractivity contribution in [2.24, 2.45) is 11.8 Å². The minimum atomic E-state index is -4.47. The second-order valence-corrected chi connectivity index (χ2v) is 9.58. The van der Waals surface area contributed by atoms with Crippen molar-refractivity contribution in [1.29, 1.82) is 0 Å². The van der Waals surface area contributed by atoms with Gasteiger partial charge in [-0.1, -0.05) is 25.0 Å². The molecular formula is C24H31F6NO2. The first kappa shape index (κ1) is 25.8. The Kier molecular flexibility index (Phi) is 8.35. The van der Waals surface area contributed by atoms with E-state index in [-0.39, 0.29) is 30.8 Å². The molecule has 0 amide bonds. The van der Waals surface area contributed by atoms with Crippen molar-refractivity contribution in [2.75, 3.05) is 13.1 Å². The number of hydrogen-bond donors (Lipinski definition) is 1. The SMILES string of the molecule is O=C(O)C[C@@H]1CC[C@@H](N(CCC(F)(F)F)CC2CCCC2)[C@H](c2ccc(C(F)(F)F)cc2)C1. The molecule has 0 aromatic heterocycles. The van der Waals surface area contributed by atoms with Gasteiger partial charge in [-0.05, 0) is 67.6 Å². The zero-order valence-electron chi connectivity index (χ0n) is 18.5. The Morgan fingerprint density at radius 1 is 0.939 bits per heavy atom. The number of hydrogen-bond acceptors (Lipinski definition) is 2. The van der Waals surface area contributed by atoms with E-state index in [0.717, 1.165) is 37.8 Å². The first-order valence-corrected chi connectivity index (χ1v) is 11.6. The summed E-state index contributed by atoms with van der Waals surface area (Å²) >= 11 is 0. The van der Waals surface area contributed by atoms with Crippen LogP contribution < -0.4 is 0 Å². The lowest BCUT2D eigenvalue weighted by Crippen LogP contribution is -2.46. The molecule has 2 aliphatic rings. The van der Waals surface area contributed by atoms with E-state index in [2.05, 4.69) is 0 Å². The topological polar surface area (TPSA) is 40.5 Å². The van der Waals surface area contributed by atoms with Crippen LogP contribution in [0.2, 0.25) is 0 Å². The minimum Gasteiger partial charge on any atom is -0.481 e. The molecule has 3 atom stereocenters. The first-order chi connectivity index (χ1) is 15.4. The Balaban J connectivity index is 1.87. The van der Waals surface area contributed by atoms with Crippen molar-refractivity contribution >= 4 is 5.97 Å². The molecule has 0 heterocycles. The molecule has 2 fully saturated rings. The summed E-state index contributed by atoms with van der Waals surface area (Å²) in [7, 11) is 0. The van der Waals surface area contributed by atoms with Crippen molar-refractivity contribution in [1.82, 2.24) is 4.90 Å². The summed E-state index contributed by atoms with van der Waals surface area (Å²) in [5, 5.41) is 9.23. The second kappa shape index (κ2) is 10.7. The smallest absolute Gasteiger partial charge is 0.416 e. The maximum atomic E-state index is 13.1. The monoisotopic (exact) mass is 479 g/mol. The van der Waals surface area contributed by atoms with Crippen LogP contribution in [-0.2, 0) is 11.0 Å². The molecular weight excluding hydrogens is 448 g/mol. The van der Waals surface area contributed by atoms with Gasteiger partial charge >= 0.3 is 18.3 Å². The van der Waals surface area contributed by atoms with E-state index in [9.17, 15) is 36.2 Å². The average Bonchev–Trinajstić information content (AvgIpc) is 3.23. The fraction of sp³-hybridized carbons (Fsp3) is 0.708. The molecule has 186 valence electrons. The van der Waals surface area contributed by atoms with Gasteiger partial charge in [0.1, 0.15) is 0 Å². The van der Waals surface area contributed by atoms with E-state index in [1.165, 1.54) is 12.1 Å². The predicted molar refractivity (Wildman–Crippen MR) is 112 cm³/mol. The number of benzene rings is 1. The van der Waals surface area contributed by atoms with Crippen LogP contribution >= 0.6 is 0 Å². The Hall–Kier alpha value is -1.77. The van der Waals surface area contributed by atoms with E-state index in [1.807, 2.05) is 4.90 Å². The molecule has 0 saturated heterocycles. The fourth-order valence-electron chi connectivity index (χ4n) is 5.58. The molecule has 1 aromatic carbocycles. The summed E-state index contributed by atoms with van der Waals surface area (Å²) in [6, 6.07) is 4.56. The van der Waals surface area contributed by atoms with Crippen LogP contribution in [0, 0.1) is 11.8 Å². The summed E-state index contributed by atoms with van der Waals surface area (Å²) < 4.78 is 78.3. The average molecular weight is 480 g/mol. The zero-order chi connectivity index (χ0) is 24.2.